The number of rotatable bonds is 3. The zero-order valence-corrected chi connectivity index (χ0v) is 16.5. The molecule has 2 aliphatic heterocycles. The van der Waals surface area contributed by atoms with E-state index in [4.69, 9.17) is 0 Å². The summed E-state index contributed by atoms with van der Waals surface area (Å²) in [5, 5.41) is 13.4. The van der Waals surface area contributed by atoms with E-state index in [1.807, 2.05) is 30.3 Å². The quantitative estimate of drug-likeness (QED) is 0.679. The number of halogens is 1. The van der Waals surface area contributed by atoms with Gasteiger partial charge in [0.15, 0.2) is 0 Å². The van der Waals surface area contributed by atoms with E-state index in [2.05, 4.69) is 23.5 Å². The van der Waals surface area contributed by atoms with Crippen LogP contribution in [0.5, 0.6) is 0 Å². The van der Waals surface area contributed by atoms with Crippen molar-refractivity contribution in [2.45, 2.75) is 18.5 Å². The van der Waals surface area contributed by atoms with Crippen LogP contribution in [-0.2, 0) is 0 Å². The second-order valence-corrected chi connectivity index (χ2v) is 7.98. The molecule has 0 aliphatic carbocycles. The van der Waals surface area contributed by atoms with Gasteiger partial charge < -0.3 is 15.3 Å². The Morgan fingerprint density at radius 1 is 1.03 bits per heavy atom. The Morgan fingerprint density at radius 3 is 2.57 bits per heavy atom. The monoisotopic (exact) mass is 402 g/mol. The fraction of sp³-hybridized carbons (Fsp3) is 0.240. The summed E-state index contributed by atoms with van der Waals surface area (Å²) in [7, 11) is 0. The second kappa shape index (κ2) is 7.58. The third-order valence-corrected chi connectivity index (χ3v) is 6.34. The first kappa shape index (κ1) is 18.8. The topological polar surface area (TPSA) is 52.6 Å². The predicted octanol–water partition coefficient (Wildman–Crippen LogP) is 4.48. The first-order chi connectivity index (χ1) is 14.7. The van der Waals surface area contributed by atoms with E-state index in [-0.39, 0.29) is 36.1 Å². The maximum Gasteiger partial charge on any atom is 0.257 e. The number of hydrogen-bond donors (Lipinski definition) is 2. The second-order valence-electron chi connectivity index (χ2n) is 7.98. The summed E-state index contributed by atoms with van der Waals surface area (Å²) in [6.45, 7) is 0.526. The molecule has 3 atom stereocenters. The van der Waals surface area contributed by atoms with Gasteiger partial charge in [-0.25, -0.2) is 4.39 Å². The van der Waals surface area contributed by atoms with Gasteiger partial charge in [-0.1, -0.05) is 48.5 Å². The number of benzene rings is 3. The highest BCUT2D eigenvalue weighted by Crippen LogP contribution is 2.47. The van der Waals surface area contributed by atoms with Crippen LogP contribution in [0.25, 0.3) is 11.1 Å². The van der Waals surface area contributed by atoms with Crippen molar-refractivity contribution >= 4 is 11.6 Å². The van der Waals surface area contributed by atoms with Gasteiger partial charge in [0.05, 0.1) is 24.3 Å². The molecule has 1 saturated heterocycles. The fourth-order valence-electron chi connectivity index (χ4n) is 4.89. The molecule has 5 rings (SSSR count). The Balaban J connectivity index is 1.59. The number of hydrogen-bond acceptors (Lipinski definition) is 3. The number of likely N-dealkylation sites (tertiary alicyclic amines) is 1. The molecule has 5 heteroatoms. The first-order valence-electron chi connectivity index (χ1n) is 10.3. The van der Waals surface area contributed by atoms with E-state index in [0.29, 0.717) is 6.54 Å². The van der Waals surface area contributed by atoms with E-state index in [1.165, 1.54) is 12.1 Å². The van der Waals surface area contributed by atoms with Crippen molar-refractivity contribution in [3.05, 3.63) is 89.7 Å². The highest BCUT2D eigenvalue weighted by molar-refractivity contribution is 5.95. The average molecular weight is 402 g/mol. The number of nitrogens with zero attached hydrogens (tertiary/aromatic N) is 1. The Bertz CT molecular complexity index is 1090. The van der Waals surface area contributed by atoms with Crippen molar-refractivity contribution in [3.63, 3.8) is 0 Å². The number of anilines is 1. The molecule has 0 aromatic heterocycles. The van der Waals surface area contributed by atoms with E-state index >= 15 is 0 Å². The molecular weight excluding hydrogens is 379 g/mol. The lowest BCUT2D eigenvalue weighted by Crippen LogP contribution is -2.43. The van der Waals surface area contributed by atoms with Crippen LogP contribution >= 0.6 is 0 Å². The van der Waals surface area contributed by atoms with Crippen molar-refractivity contribution in [2.24, 2.45) is 5.92 Å². The summed E-state index contributed by atoms with van der Waals surface area (Å²) in [5.41, 5.74) is 4.21. The molecule has 2 heterocycles. The largest absolute Gasteiger partial charge is 0.394 e. The summed E-state index contributed by atoms with van der Waals surface area (Å²) in [6.07, 6.45) is 0.762. The Labute approximate surface area is 175 Å². The average Bonchev–Trinajstić information content (AvgIpc) is 3.24. The summed E-state index contributed by atoms with van der Waals surface area (Å²) < 4.78 is 14.3. The molecule has 0 radical (unpaired) electrons. The van der Waals surface area contributed by atoms with Crippen LogP contribution in [-0.4, -0.2) is 35.1 Å². The molecule has 1 amide bonds. The van der Waals surface area contributed by atoms with E-state index in [1.54, 1.807) is 17.0 Å². The Morgan fingerprint density at radius 2 is 1.80 bits per heavy atom. The van der Waals surface area contributed by atoms with Crippen molar-refractivity contribution in [1.29, 1.82) is 0 Å². The van der Waals surface area contributed by atoms with Crippen LogP contribution < -0.4 is 5.32 Å². The van der Waals surface area contributed by atoms with Gasteiger partial charge in [0.2, 0.25) is 0 Å². The number of carbonyl (C=O) groups is 1. The van der Waals surface area contributed by atoms with Gasteiger partial charge in [0, 0.05) is 18.2 Å². The van der Waals surface area contributed by atoms with Crippen LogP contribution in [0.3, 0.4) is 0 Å². The van der Waals surface area contributed by atoms with Gasteiger partial charge in [-0.05, 0) is 47.4 Å². The molecule has 0 spiro atoms. The minimum atomic E-state index is -0.503. The molecule has 3 aromatic carbocycles. The molecule has 30 heavy (non-hydrogen) atoms. The molecule has 0 unspecified atom stereocenters. The minimum absolute atomic E-state index is 0.0111. The molecule has 2 N–H and O–H groups in total. The number of carbonyl (C=O) groups excluding carboxylic acids is 1. The SMILES string of the molecule is O=C(c1ccccc1F)N1CC[C@H]2[C@H](CO)Nc3ccc(-c4ccccc4)cc3[C@H]21. The van der Waals surface area contributed by atoms with Gasteiger partial charge in [-0.3, -0.25) is 4.79 Å². The Kier molecular flexibility index (Phi) is 4.75. The highest BCUT2D eigenvalue weighted by Gasteiger charge is 2.46. The molecule has 2 aliphatic rings. The van der Waals surface area contributed by atoms with Crippen LogP contribution in [0.15, 0.2) is 72.8 Å². The fourth-order valence-corrected chi connectivity index (χ4v) is 4.89. The maximum atomic E-state index is 14.3. The third kappa shape index (κ3) is 3.06. The summed E-state index contributed by atoms with van der Waals surface area (Å²) >= 11 is 0. The van der Waals surface area contributed by atoms with Crippen LogP contribution in [0.2, 0.25) is 0 Å². The number of amides is 1. The zero-order valence-electron chi connectivity index (χ0n) is 16.5. The lowest BCUT2D eigenvalue weighted by atomic mass is 9.82. The minimum Gasteiger partial charge on any atom is -0.394 e. The van der Waals surface area contributed by atoms with Gasteiger partial charge in [-0.15, -0.1) is 0 Å². The number of fused-ring (bicyclic) bond motifs is 3. The van der Waals surface area contributed by atoms with E-state index in [9.17, 15) is 14.3 Å². The third-order valence-electron chi connectivity index (χ3n) is 6.34. The van der Waals surface area contributed by atoms with E-state index in [0.717, 1.165) is 28.8 Å². The molecule has 0 saturated carbocycles. The Hall–Kier alpha value is -3.18. The molecule has 1 fully saturated rings. The van der Waals surface area contributed by atoms with Gasteiger partial charge in [-0.2, -0.15) is 0 Å². The maximum absolute atomic E-state index is 14.3. The summed E-state index contributed by atoms with van der Waals surface area (Å²) in [6, 6.07) is 22.1. The van der Waals surface area contributed by atoms with Crippen molar-refractivity contribution in [2.75, 3.05) is 18.5 Å². The van der Waals surface area contributed by atoms with Gasteiger partial charge in [0.25, 0.3) is 5.91 Å². The summed E-state index contributed by atoms with van der Waals surface area (Å²) in [5.74, 6) is -0.726. The number of aliphatic hydroxyl groups is 1. The number of nitrogens with one attached hydrogen (secondary N) is 1. The van der Waals surface area contributed by atoms with Crippen molar-refractivity contribution in [3.8, 4) is 11.1 Å². The standard InChI is InChI=1S/C25H23FN2O2/c26-21-9-5-4-8-18(21)25(30)28-13-12-19-23(15-29)27-22-11-10-17(14-20(22)24(19)28)16-6-2-1-3-7-16/h1-11,14,19,23-24,27,29H,12-13,15H2/t19-,23-,24-/m0/s1. The molecule has 3 aromatic rings. The lowest BCUT2D eigenvalue weighted by molar-refractivity contribution is 0.0696. The van der Waals surface area contributed by atoms with E-state index < -0.39 is 5.82 Å². The van der Waals surface area contributed by atoms with Crippen LogP contribution in [0, 0.1) is 11.7 Å². The highest BCUT2D eigenvalue weighted by atomic mass is 19.1. The van der Waals surface area contributed by atoms with Gasteiger partial charge >= 0.3 is 0 Å². The van der Waals surface area contributed by atoms with Crippen molar-refractivity contribution < 1.29 is 14.3 Å². The predicted molar refractivity (Wildman–Crippen MR) is 115 cm³/mol. The first-order valence-corrected chi connectivity index (χ1v) is 10.3. The summed E-state index contributed by atoms with van der Waals surface area (Å²) in [4.78, 5) is 15.1. The van der Waals surface area contributed by atoms with Crippen LogP contribution in [0.1, 0.15) is 28.4 Å². The smallest absolute Gasteiger partial charge is 0.257 e. The van der Waals surface area contributed by atoms with Crippen molar-refractivity contribution in [1.82, 2.24) is 4.90 Å². The lowest BCUT2D eigenvalue weighted by Gasteiger charge is -2.39. The molecule has 4 nitrogen and oxygen atoms in total. The molecule has 152 valence electrons. The normalized spacial score (nSPS) is 22.2. The number of aliphatic hydroxyl groups excluding tert-OH is 1. The van der Waals surface area contributed by atoms with Gasteiger partial charge in [0.1, 0.15) is 5.82 Å². The van der Waals surface area contributed by atoms with Crippen LogP contribution in [0.4, 0.5) is 10.1 Å². The molecular formula is C25H23FN2O2. The molecule has 0 bridgehead atoms. The zero-order chi connectivity index (χ0) is 20.7.